The zero-order valence-corrected chi connectivity index (χ0v) is 18.0. The number of halogens is 3. The molecule has 4 rings (SSSR count). The molecule has 2 aliphatic heterocycles. The van der Waals surface area contributed by atoms with Crippen LogP contribution in [0.25, 0.3) is 0 Å². The number of aromatic nitrogens is 1. The Morgan fingerprint density at radius 1 is 1.18 bits per heavy atom. The summed E-state index contributed by atoms with van der Waals surface area (Å²) in [6.07, 6.45) is 2.48. The predicted octanol–water partition coefficient (Wildman–Crippen LogP) is 3.27. The van der Waals surface area contributed by atoms with E-state index >= 15 is 0 Å². The third kappa shape index (κ3) is 5.52. The quantitative estimate of drug-likeness (QED) is 0.743. The van der Waals surface area contributed by atoms with Gasteiger partial charge in [0.2, 0.25) is 5.91 Å². The van der Waals surface area contributed by atoms with Crippen molar-refractivity contribution >= 4 is 17.8 Å². The van der Waals surface area contributed by atoms with Gasteiger partial charge in [0.25, 0.3) is 5.91 Å². The van der Waals surface area contributed by atoms with Crippen LogP contribution >= 0.6 is 0 Å². The summed E-state index contributed by atoms with van der Waals surface area (Å²) >= 11 is 0. The van der Waals surface area contributed by atoms with E-state index in [1.165, 1.54) is 0 Å². The fourth-order valence-electron chi connectivity index (χ4n) is 4.21. The van der Waals surface area contributed by atoms with Crippen molar-refractivity contribution in [3.63, 3.8) is 0 Å². The number of piperidine rings is 1. The van der Waals surface area contributed by atoms with Crippen molar-refractivity contribution in [2.24, 2.45) is 5.41 Å². The van der Waals surface area contributed by atoms with Crippen LogP contribution in [0.2, 0.25) is 0 Å². The van der Waals surface area contributed by atoms with E-state index in [0.717, 1.165) is 31.4 Å². The van der Waals surface area contributed by atoms with Gasteiger partial charge in [-0.2, -0.15) is 13.2 Å². The molecule has 33 heavy (non-hydrogen) atoms. The highest BCUT2D eigenvalue weighted by Crippen LogP contribution is 2.41. The van der Waals surface area contributed by atoms with E-state index in [1.807, 2.05) is 21.9 Å². The second-order valence-electron chi connectivity index (χ2n) is 8.14. The van der Waals surface area contributed by atoms with Gasteiger partial charge in [0.15, 0.2) is 0 Å². The number of rotatable bonds is 3. The molecular weight excluding hydrogens is 443 g/mol. The van der Waals surface area contributed by atoms with E-state index in [1.54, 1.807) is 31.6 Å². The molecule has 2 aliphatic rings. The number of hydrogen-bond acceptors (Lipinski definition) is 5. The number of likely N-dealkylation sites (tertiary alicyclic amines) is 2. The minimum atomic E-state index is -5.08. The molecule has 0 radical (unpaired) electrons. The number of aryl methyl sites for hydroxylation is 1. The third-order valence-corrected chi connectivity index (χ3v) is 5.92. The average molecular weight is 467 g/mol. The fraction of sp³-hybridized carbons (Fsp3) is 0.455. The van der Waals surface area contributed by atoms with E-state index in [-0.39, 0.29) is 11.8 Å². The molecule has 1 N–H and O–H groups in total. The molecule has 4 heterocycles. The summed E-state index contributed by atoms with van der Waals surface area (Å²) in [6.45, 7) is 4.35. The molecule has 11 heteroatoms. The Labute approximate surface area is 188 Å². The van der Waals surface area contributed by atoms with Gasteiger partial charge >= 0.3 is 12.1 Å². The molecule has 2 aromatic rings. The normalized spacial score (nSPS) is 20.5. The van der Waals surface area contributed by atoms with E-state index in [4.69, 9.17) is 14.3 Å². The lowest BCUT2D eigenvalue weighted by Gasteiger charge is -2.39. The smallest absolute Gasteiger partial charge is 0.475 e. The highest BCUT2D eigenvalue weighted by atomic mass is 19.4. The molecule has 2 aromatic heterocycles. The Balaban J connectivity index is 0.000000383. The molecule has 1 atom stereocenters. The standard InChI is InChI=1S/C20H23N3O3.C2HF3O2/c1-15-17(5-12-26-15)18(24)23-10-2-6-20(14-23)7-11-22(19(20)25)13-16-3-8-21-9-4-16;3-2(4,5)1(6)7/h3-5,8-9,12H,2,6-7,10-11,13-14H2,1H3;(H,6,7). The SMILES string of the molecule is Cc1occc1C(=O)N1CCCC2(CCN(Cc3ccncc3)C2=O)C1.O=C(O)C(F)(F)F. The number of pyridine rings is 1. The molecule has 0 bridgehead atoms. The van der Waals surface area contributed by atoms with Crippen molar-refractivity contribution in [1.82, 2.24) is 14.8 Å². The summed E-state index contributed by atoms with van der Waals surface area (Å²) in [5.41, 5.74) is 1.25. The van der Waals surface area contributed by atoms with Crippen LogP contribution in [0.15, 0.2) is 41.3 Å². The van der Waals surface area contributed by atoms with Gasteiger partial charge in [0.1, 0.15) is 5.76 Å². The van der Waals surface area contributed by atoms with Crippen molar-refractivity contribution in [3.8, 4) is 0 Å². The summed E-state index contributed by atoms with van der Waals surface area (Å²) in [4.78, 5) is 42.7. The number of amides is 2. The minimum Gasteiger partial charge on any atom is -0.475 e. The van der Waals surface area contributed by atoms with Gasteiger partial charge in [-0.25, -0.2) is 4.79 Å². The zero-order chi connectivity index (χ0) is 24.2. The Morgan fingerprint density at radius 3 is 2.42 bits per heavy atom. The van der Waals surface area contributed by atoms with Gasteiger partial charge < -0.3 is 19.3 Å². The Bertz CT molecular complexity index is 1010. The molecule has 2 amide bonds. The largest absolute Gasteiger partial charge is 0.490 e. The van der Waals surface area contributed by atoms with Crippen molar-refractivity contribution in [1.29, 1.82) is 0 Å². The zero-order valence-electron chi connectivity index (χ0n) is 18.0. The van der Waals surface area contributed by atoms with Gasteiger partial charge in [-0.15, -0.1) is 0 Å². The van der Waals surface area contributed by atoms with Gasteiger partial charge in [0.05, 0.1) is 17.2 Å². The van der Waals surface area contributed by atoms with E-state index < -0.39 is 17.6 Å². The Hall–Kier alpha value is -3.37. The third-order valence-electron chi connectivity index (χ3n) is 5.92. The highest BCUT2D eigenvalue weighted by molar-refractivity contribution is 5.96. The summed E-state index contributed by atoms with van der Waals surface area (Å²) in [6, 6.07) is 5.60. The number of hydrogen-bond donors (Lipinski definition) is 1. The van der Waals surface area contributed by atoms with Crippen molar-refractivity contribution in [3.05, 3.63) is 53.7 Å². The van der Waals surface area contributed by atoms with Crippen molar-refractivity contribution < 1.29 is 37.1 Å². The van der Waals surface area contributed by atoms with Crippen LogP contribution in [0, 0.1) is 12.3 Å². The van der Waals surface area contributed by atoms with Crippen LogP contribution in [0.5, 0.6) is 0 Å². The molecule has 1 unspecified atom stereocenters. The number of aliphatic carboxylic acids is 1. The lowest BCUT2D eigenvalue weighted by molar-refractivity contribution is -0.192. The first-order valence-corrected chi connectivity index (χ1v) is 10.4. The molecular formula is C22H24F3N3O5. The molecule has 2 fully saturated rings. The molecule has 1 spiro atoms. The van der Waals surface area contributed by atoms with Crippen molar-refractivity contribution in [2.45, 2.75) is 38.9 Å². The topological polar surface area (TPSA) is 104 Å². The molecule has 8 nitrogen and oxygen atoms in total. The van der Waals surface area contributed by atoms with Crippen molar-refractivity contribution in [2.75, 3.05) is 19.6 Å². The fourth-order valence-corrected chi connectivity index (χ4v) is 4.21. The molecule has 0 saturated carbocycles. The Morgan fingerprint density at radius 2 is 1.85 bits per heavy atom. The summed E-state index contributed by atoms with van der Waals surface area (Å²) in [5.74, 6) is -1.98. The number of carboxylic acids is 1. The second-order valence-corrected chi connectivity index (χ2v) is 8.14. The molecule has 2 saturated heterocycles. The van der Waals surface area contributed by atoms with Crippen LogP contribution in [0.4, 0.5) is 13.2 Å². The summed E-state index contributed by atoms with van der Waals surface area (Å²) in [5, 5.41) is 7.12. The number of alkyl halides is 3. The number of furan rings is 1. The van der Waals surface area contributed by atoms with Crippen LogP contribution in [0.1, 0.15) is 40.9 Å². The first kappa shape index (κ1) is 24.3. The number of carboxylic acid groups (broad SMARTS) is 1. The molecule has 0 aromatic carbocycles. The lowest BCUT2D eigenvalue weighted by Crippen LogP contribution is -2.49. The Kier molecular flexibility index (Phi) is 7.09. The monoisotopic (exact) mass is 467 g/mol. The summed E-state index contributed by atoms with van der Waals surface area (Å²) < 4.78 is 37.0. The van der Waals surface area contributed by atoms with E-state index in [0.29, 0.717) is 31.0 Å². The van der Waals surface area contributed by atoms with Crippen LogP contribution < -0.4 is 0 Å². The van der Waals surface area contributed by atoms with Gasteiger partial charge in [0, 0.05) is 38.6 Å². The second kappa shape index (κ2) is 9.63. The molecule has 0 aliphatic carbocycles. The molecule has 178 valence electrons. The van der Waals surface area contributed by atoms with Gasteiger partial charge in [-0.3, -0.25) is 14.6 Å². The number of nitrogens with zero attached hydrogens (tertiary/aromatic N) is 3. The summed E-state index contributed by atoms with van der Waals surface area (Å²) in [7, 11) is 0. The van der Waals surface area contributed by atoms with E-state index in [2.05, 4.69) is 4.98 Å². The van der Waals surface area contributed by atoms with Gasteiger partial charge in [-0.1, -0.05) is 0 Å². The number of carbonyl (C=O) groups excluding carboxylic acids is 2. The predicted molar refractivity (Wildman–Crippen MR) is 109 cm³/mol. The first-order valence-electron chi connectivity index (χ1n) is 10.4. The van der Waals surface area contributed by atoms with E-state index in [9.17, 15) is 22.8 Å². The van der Waals surface area contributed by atoms with Crippen LogP contribution in [0.3, 0.4) is 0 Å². The average Bonchev–Trinajstić information content (AvgIpc) is 3.33. The van der Waals surface area contributed by atoms with Crippen LogP contribution in [-0.4, -0.2) is 63.5 Å². The number of carbonyl (C=O) groups is 3. The maximum Gasteiger partial charge on any atom is 0.490 e. The van der Waals surface area contributed by atoms with Gasteiger partial charge in [-0.05, 0) is 49.9 Å². The first-order chi connectivity index (χ1) is 15.5. The minimum absolute atomic E-state index is 0.0318. The van der Waals surface area contributed by atoms with Crippen LogP contribution in [-0.2, 0) is 16.1 Å². The maximum atomic E-state index is 13.2. The maximum absolute atomic E-state index is 13.2. The lowest BCUT2D eigenvalue weighted by atomic mass is 9.78. The highest BCUT2D eigenvalue weighted by Gasteiger charge is 2.49.